The lowest BCUT2D eigenvalue weighted by Gasteiger charge is -2.24. The highest BCUT2D eigenvalue weighted by molar-refractivity contribution is 5.81. The molecule has 21 heavy (non-hydrogen) atoms. The minimum atomic E-state index is -1.15. The highest BCUT2D eigenvalue weighted by Gasteiger charge is 2.27. The second-order valence-corrected chi connectivity index (χ2v) is 7.19. The molecule has 0 aliphatic rings. The molecule has 0 aromatic heterocycles. The van der Waals surface area contributed by atoms with Gasteiger partial charge in [-0.25, -0.2) is 9.78 Å². The van der Waals surface area contributed by atoms with Gasteiger partial charge in [-0.2, -0.15) is 9.78 Å². The lowest BCUT2D eigenvalue weighted by Crippen LogP contribution is -2.34. The standard InChI is InChI=1S/C16H32O5/c1-8-9-10-11-12-13(17)14(18-20-15(2,3)4)19-21-16(5,6)7/h14H,8-12H2,1-7H3. The molecule has 0 spiro atoms. The molecule has 0 saturated carbocycles. The molecule has 126 valence electrons. The number of unbranched alkanes of at least 4 members (excludes halogenated alkanes) is 3. The van der Waals surface area contributed by atoms with E-state index in [0.29, 0.717) is 6.42 Å². The van der Waals surface area contributed by atoms with Crippen LogP contribution in [-0.2, 0) is 24.3 Å². The van der Waals surface area contributed by atoms with Gasteiger partial charge in [-0.3, -0.25) is 4.79 Å². The van der Waals surface area contributed by atoms with E-state index in [1.54, 1.807) is 0 Å². The van der Waals surface area contributed by atoms with Crippen LogP contribution in [0.1, 0.15) is 80.6 Å². The van der Waals surface area contributed by atoms with Gasteiger partial charge in [-0.1, -0.05) is 26.2 Å². The fourth-order valence-electron chi connectivity index (χ4n) is 1.34. The Balaban J connectivity index is 4.37. The van der Waals surface area contributed by atoms with E-state index in [1.807, 2.05) is 41.5 Å². The summed E-state index contributed by atoms with van der Waals surface area (Å²) in [6.07, 6.45) is 3.34. The number of hydrogen-bond acceptors (Lipinski definition) is 5. The molecule has 0 amide bonds. The van der Waals surface area contributed by atoms with Crippen LogP contribution in [0.2, 0.25) is 0 Å². The largest absolute Gasteiger partial charge is 0.294 e. The second-order valence-electron chi connectivity index (χ2n) is 7.19. The van der Waals surface area contributed by atoms with Crippen LogP contribution < -0.4 is 0 Å². The SMILES string of the molecule is CCCCCCC(=O)C(OOC(C)(C)C)OOC(C)(C)C. The maximum Gasteiger partial charge on any atom is 0.281 e. The first-order chi connectivity index (χ1) is 9.55. The van der Waals surface area contributed by atoms with Crippen LogP contribution in [0.3, 0.4) is 0 Å². The summed E-state index contributed by atoms with van der Waals surface area (Å²) < 4.78 is 0. The normalized spacial score (nSPS) is 13.0. The van der Waals surface area contributed by atoms with Gasteiger partial charge in [-0.05, 0) is 48.0 Å². The zero-order valence-corrected chi connectivity index (χ0v) is 14.7. The Labute approximate surface area is 129 Å². The summed E-state index contributed by atoms with van der Waals surface area (Å²) in [6, 6.07) is 0. The summed E-state index contributed by atoms with van der Waals surface area (Å²) in [4.78, 5) is 32.7. The Hall–Kier alpha value is -0.490. The lowest BCUT2D eigenvalue weighted by molar-refractivity contribution is -0.483. The van der Waals surface area contributed by atoms with Gasteiger partial charge in [0.15, 0.2) is 5.78 Å². The molecule has 0 fully saturated rings. The first-order valence-electron chi connectivity index (χ1n) is 7.77. The topological polar surface area (TPSA) is 54.0 Å². The molecule has 0 bridgehead atoms. The molecule has 0 radical (unpaired) electrons. The van der Waals surface area contributed by atoms with Gasteiger partial charge in [0.25, 0.3) is 6.29 Å². The van der Waals surface area contributed by atoms with Gasteiger partial charge in [0.1, 0.15) is 0 Å². The van der Waals surface area contributed by atoms with Crippen molar-refractivity contribution >= 4 is 5.78 Å². The molecule has 0 N–H and O–H groups in total. The number of Topliss-reactive ketones (excluding diaryl/α,β-unsaturated/α-hetero) is 1. The monoisotopic (exact) mass is 304 g/mol. The van der Waals surface area contributed by atoms with Crippen LogP contribution >= 0.6 is 0 Å². The maximum atomic E-state index is 12.1. The summed E-state index contributed by atoms with van der Waals surface area (Å²) in [5, 5.41) is 0. The van der Waals surface area contributed by atoms with Gasteiger partial charge in [0, 0.05) is 6.42 Å². The Morgan fingerprint density at radius 1 is 0.857 bits per heavy atom. The summed E-state index contributed by atoms with van der Waals surface area (Å²) in [5.41, 5.74) is -1.04. The number of rotatable bonds is 10. The first-order valence-corrected chi connectivity index (χ1v) is 7.77. The molecule has 0 heterocycles. The lowest BCUT2D eigenvalue weighted by atomic mass is 10.1. The summed E-state index contributed by atoms with van der Waals surface area (Å²) in [7, 11) is 0. The summed E-state index contributed by atoms with van der Waals surface area (Å²) in [5.74, 6) is -0.167. The Kier molecular flexibility index (Phi) is 9.29. The summed E-state index contributed by atoms with van der Waals surface area (Å²) in [6.45, 7) is 13.1. The fraction of sp³-hybridized carbons (Fsp3) is 0.938. The van der Waals surface area contributed by atoms with Crippen molar-refractivity contribution < 1.29 is 24.3 Å². The second kappa shape index (κ2) is 9.51. The zero-order valence-electron chi connectivity index (χ0n) is 14.7. The van der Waals surface area contributed by atoms with E-state index in [1.165, 1.54) is 0 Å². The number of carbonyl (C=O) groups is 1. The molecular weight excluding hydrogens is 272 g/mol. The molecule has 0 saturated heterocycles. The van der Waals surface area contributed by atoms with Crippen LogP contribution in [0.5, 0.6) is 0 Å². The number of carbonyl (C=O) groups excluding carboxylic acids is 1. The van der Waals surface area contributed by atoms with Gasteiger partial charge in [0.05, 0.1) is 11.2 Å². The predicted octanol–water partition coefficient (Wildman–Crippen LogP) is 4.35. The molecule has 0 aliphatic carbocycles. The third-order valence-electron chi connectivity index (χ3n) is 2.31. The molecule has 0 aromatic rings. The van der Waals surface area contributed by atoms with E-state index < -0.39 is 17.5 Å². The van der Waals surface area contributed by atoms with Gasteiger partial charge < -0.3 is 0 Å². The van der Waals surface area contributed by atoms with E-state index in [2.05, 4.69) is 6.92 Å². The van der Waals surface area contributed by atoms with Crippen molar-refractivity contribution in [1.82, 2.24) is 0 Å². The molecular formula is C16H32O5. The van der Waals surface area contributed by atoms with Crippen molar-refractivity contribution in [3.63, 3.8) is 0 Å². The molecule has 0 atom stereocenters. The minimum absolute atomic E-state index is 0.167. The minimum Gasteiger partial charge on any atom is -0.294 e. The third kappa shape index (κ3) is 12.9. The van der Waals surface area contributed by atoms with Crippen LogP contribution in [0.15, 0.2) is 0 Å². The van der Waals surface area contributed by atoms with Crippen molar-refractivity contribution in [2.24, 2.45) is 0 Å². The van der Waals surface area contributed by atoms with Crippen LogP contribution in [0.4, 0.5) is 0 Å². The van der Waals surface area contributed by atoms with Crippen LogP contribution in [0.25, 0.3) is 0 Å². The van der Waals surface area contributed by atoms with Crippen molar-refractivity contribution in [1.29, 1.82) is 0 Å². The Morgan fingerprint density at radius 2 is 1.33 bits per heavy atom. The van der Waals surface area contributed by atoms with Crippen LogP contribution in [-0.4, -0.2) is 23.3 Å². The average molecular weight is 304 g/mol. The molecule has 5 heteroatoms. The van der Waals surface area contributed by atoms with Crippen LogP contribution in [0, 0.1) is 0 Å². The highest BCUT2D eigenvalue weighted by atomic mass is 17.3. The van der Waals surface area contributed by atoms with E-state index in [4.69, 9.17) is 19.6 Å². The molecule has 5 nitrogen and oxygen atoms in total. The Morgan fingerprint density at radius 3 is 1.71 bits per heavy atom. The van der Waals surface area contributed by atoms with E-state index >= 15 is 0 Å². The Bertz CT molecular complexity index is 270. The van der Waals surface area contributed by atoms with Gasteiger partial charge >= 0.3 is 0 Å². The number of hydrogen-bond donors (Lipinski definition) is 0. The summed E-state index contributed by atoms with van der Waals surface area (Å²) >= 11 is 0. The van der Waals surface area contributed by atoms with Crippen molar-refractivity contribution in [2.75, 3.05) is 0 Å². The van der Waals surface area contributed by atoms with E-state index in [-0.39, 0.29) is 5.78 Å². The predicted molar refractivity (Wildman–Crippen MR) is 81.4 cm³/mol. The smallest absolute Gasteiger partial charge is 0.281 e. The highest BCUT2D eigenvalue weighted by Crippen LogP contribution is 2.16. The zero-order chi connectivity index (χ0) is 16.5. The fourth-order valence-corrected chi connectivity index (χ4v) is 1.34. The molecule has 0 unspecified atom stereocenters. The van der Waals surface area contributed by atoms with Crippen molar-refractivity contribution in [3.8, 4) is 0 Å². The molecule has 0 rings (SSSR count). The quantitative estimate of drug-likeness (QED) is 0.260. The van der Waals surface area contributed by atoms with E-state index in [0.717, 1.165) is 25.7 Å². The van der Waals surface area contributed by atoms with Crippen molar-refractivity contribution in [2.45, 2.75) is 98.1 Å². The van der Waals surface area contributed by atoms with Gasteiger partial charge in [0.2, 0.25) is 0 Å². The number of ketones is 1. The average Bonchev–Trinajstić information content (AvgIpc) is 2.31. The molecule has 0 aliphatic heterocycles. The third-order valence-corrected chi connectivity index (χ3v) is 2.31. The van der Waals surface area contributed by atoms with E-state index in [9.17, 15) is 4.79 Å². The van der Waals surface area contributed by atoms with Crippen molar-refractivity contribution in [3.05, 3.63) is 0 Å². The first kappa shape index (κ1) is 20.5. The van der Waals surface area contributed by atoms with Gasteiger partial charge in [-0.15, -0.1) is 0 Å². The molecule has 0 aromatic carbocycles. The maximum absolute atomic E-state index is 12.1.